The van der Waals surface area contributed by atoms with E-state index in [0.717, 1.165) is 12.1 Å². The first-order valence-electron chi connectivity index (χ1n) is 3.09. The summed E-state index contributed by atoms with van der Waals surface area (Å²) in [5, 5.41) is -0.639. The average Bonchev–Trinajstić information content (AvgIpc) is 2.30. The van der Waals surface area contributed by atoms with Gasteiger partial charge in [0.05, 0.1) is 11.9 Å². The molecule has 0 saturated carbocycles. The minimum Gasteiger partial charge on any atom is -0.272 e. The molecule has 1 rings (SSSR count). The van der Waals surface area contributed by atoms with Crippen LogP contribution >= 0.6 is 23.4 Å². The highest BCUT2D eigenvalue weighted by Gasteiger charge is 2.11. The van der Waals surface area contributed by atoms with Crippen LogP contribution in [0.1, 0.15) is 23.2 Å². The molecule has 11 heavy (non-hydrogen) atoms. The van der Waals surface area contributed by atoms with Crippen molar-refractivity contribution in [2.75, 3.05) is 0 Å². The van der Waals surface area contributed by atoms with Gasteiger partial charge in [-0.2, -0.15) is 0 Å². The lowest BCUT2D eigenvalue weighted by molar-refractivity contribution is 0.107. The molecule has 0 saturated heterocycles. The van der Waals surface area contributed by atoms with E-state index < -0.39 is 5.24 Å². The Kier molecular flexibility index (Phi) is 2.52. The van der Waals surface area contributed by atoms with E-state index >= 15 is 0 Å². The van der Waals surface area contributed by atoms with Crippen LogP contribution in [-0.2, 0) is 6.42 Å². The molecule has 0 aliphatic heterocycles. The van der Waals surface area contributed by atoms with E-state index in [1.54, 1.807) is 0 Å². The summed E-state index contributed by atoms with van der Waals surface area (Å²) in [7, 11) is 0. The van der Waals surface area contributed by atoms with Crippen LogP contribution in [0.15, 0.2) is 6.20 Å². The predicted octanol–water partition coefficient (Wildman–Crippen LogP) is 1.83. The molecule has 0 amide bonds. The number of aryl methyl sites for hydroxylation is 1. The van der Waals surface area contributed by atoms with Crippen molar-refractivity contribution < 1.29 is 4.79 Å². The fourth-order valence-electron chi connectivity index (χ4n) is 0.731. The third-order valence-corrected chi connectivity index (χ3v) is 1.86. The van der Waals surface area contributed by atoms with Crippen molar-refractivity contribution in [3.05, 3.63) is 17.7 Å². The van der Waals surface area contributed by atoms with Gasteiger partial charge in [0.1, 0.15) is 0 Å². The number of carbonyl (C=O) groups is 1. The Labute approximate surface area is 74.0 Å². The molecule has 0 aliphatic rings. The van der Waals surface area contributed by atoms with Crippen LogP contribution in [0.4, 0.5) is 0 Å². The molecule has 0 spiro atoms. The molecular formula is C6H6Cl2N2O. The number of aromatic nitrogens is 2. The van der Waals surface area contributed by atoms with Crippen molar-refractivity contribution in [1.82, 2.24) is 9.07 Å². The topological polar surface area (TPSA) is 34.9 Å². The summed E-state index contributed by atoms with van der Waals surface area (Å²) in [5.41, 5.74) is 0.774. The maximum atomic E-state index is 10.6. The van der Waals surface area contributed by atoms with Crippen LogP contribution in [0.3, 0.4) is 0 Å². The summed E-state index contributed by atoms with van der Waals surface area (Å²) in [6.07, 6.45) is 2.25. The number of carbonyl (C=O) groups excluding carboxylic acids is 1. The lowest BCUT2D eigenvalue weighted by atomic mass is 10.4. The zero-order valence-electron chi connectivity index (χ0n) is 5.84. The van der Waals surface area contributed by atoms with Gasteiger partial charge >= 0.3 is 0 Å². The molecule has 0 aliphatic carbocycles. The summed E-state index contributed by atoms with van der Waals surface area (Å²) < 4.78 is 1.18. The molecule has 0 N–H and O–H groups in total. The van der Waals surface area contributed by atoms with Gasteiger partial charge in [0.25, 0.3) is 5.24 Å². The minimum absolute atomic E-state index is 0.0742. The van der Waals surface area contributed by atoms with Crippen LogP contribution < -0.4 is 0 Å². The maximum absolute atomic E-state index is 10.6. The van der Waals surface area contributed by atoms with E-state index in [4.69, 9.17) is 23.4 Å². The summed E-state index contributed by atoms with van der Waals surface area (Å²) >= 11 is 10.8. The molecule has 0 aromatic carbocycles. The maximum Gasteiger partial charge on any atom is 0.289 e. The van der Waals surface area contributed by atoms with Crippen molar-refractivity contribution in [3.8, 4) is 0 Å². The monoisotopic (exact) mass is 192 g/mol. The van der Waals surface area contributed by atoms with Gasteiger partial charge in [-0.3, -0.25) is 4.79 Å². The van der Waals surface area contributed by atoms with Crippen molar-refractivity contribution in [3.63, 3.8) is 0 Å². The molecule has 0 atom stereocenters. The molecule has 1 heterocycles. The van der Waals surface area contributed by atoms with Crippen LogP contribution in [0, 0.1) is 0 Å². The highest BCUT2D eigenvalue weighted by atomic mass is 35.5. The van der Waals surface area contributed by atoms with Gasteiger partial charge in [-0.05, 0) is 18.0 Å². The van der Waals surface area contributed by atoms with Crippen LogP contribution in [0.5, 0.6) is 0 Å². The van der Waals surface area contributed by atoms with Gasteiger partial charge in [-0.15, -0.1) is 0 Å². The Bertz CT molecular complexity index is 282. The molecule has 60 valence electrons. The molecular weight excluding hydrogens is 187 g/mol. The van der Waals surface area contributed by atoms with Crippen molar-refractivity contribution in [1.29, 1.82) is 0 Å². The Morgan fingerprint density at radius 2 is 2.45 bits per heavy atom. The molecule has 1 aromatic heterocycles. The van der Waals surface area contributed by atoms with Gasteiger partial charge in [-0.1, -0.05) is 6.92 Å². The van der Waals surface area contributed by atoms with Crippen molar-refractivity contribution >= 4 is 28.6 Å². The second-order valence-electron chi connectivity index (χ2n) is 1.98. The number of hydrogen-bond donors (Lipinski definition) is 0. The third-order valence-electron chi connectivity index (χ3n) is 1.31. The minimum atomic E-state index is -0.639. The van der Waals surface area contributed by atoms with E-state index in [1.807, 2.05) is 6.92 Å². The largest absolute Gasteiger partial charge is 0.289 e. The number of imidazole rings is 1. The quantitative estimate of drug-likeness (QED) is 0.671. The smallest absolute Gasteiger partial charge is 0.272 e. The number of halogens is 2. The summed E-state index contributed by atoms with van der Waals surface area (Å²) in [4.78, 5) is 14.3. The van der Waals surface area contributed by atoms with E-state index in [-0.39, 0.29) is 5.82 Å². The lowest BCUT2D eigenvalue weighted by Gasteiger charge is -1.94. The number of nitrogens with zero attached hydrogens (tertiary/aromatic N) is 2. The van der Waals surface area contributed by atoms with E-state index in [0.29, 0.717) is 0 Å². The zero-order chi connectivity index (χ0) is 8.43. The summed E-state index contributed by atoms with van der Waals surface area (Å²) in [6.45, 7) is 1.92. The third kappa shape index (κ3) is 1.54. The second-order valence-corrected chi connectivity index (χ2v) is 2.66. The zero-order valence-corrected chi connectivity index (χ0v) is 7.35. The first-order valence-corrected chi connectivity index (χ1v) is 3.81. The fourth-order valence-corrected chi connectivity index (χ4v) is 1.19. The first-order chi connectivity index (χ1) is 5.16. The van der Waals surface area contributed by atoms with Gasteiger partial charge in [0, 0.05) is 11.8 Å². The molecule has 0 bridgehead atoms. The number of hydrogen-bond acceptors (Lipinski definition) is 2. The van der Waals surface area contributed by atoms with Gasteiger partial charge in [0.15, 0.2) is 0 Å². The average molecular weight is 193 g/mol. The standard InChI is InChI=1S/C6H6Cl2N2O/c1-2-4-3-9-6(5(7)11)10(4)8/h3H,2H2,1H3. The highest BCUT2D eigenvalue weighted by Crippen LogP contribution is 2.09. The SMILES string of the molecule is CCc1cnc(C(=O)Cl)n1Cl. The van der Waals surface area contributed by atoms with Crippen molar-refractivity contribution in [2.24, 2.45) is 0 Å². The van der Waals surface area contributed by atoms with Crippen LogP contribution in [-0.4, -0.2) is 14.3 Å². The molecule has 0 fully saturated rings. The van der Waals surface area contributed by atoms with E-state index in [1.165, 1.54) is 10.3 Å². The fraction of sp³-hybridized carbons (Fsp3) is 0.333. The van der Waals surface area contributed by atoms with Crippen molar-refractivity contribution in [2.45, 2.75) is 13.3 Å². The van der Waals surface area contributed by atoms with E-state index in [2.05, 4.69) is 4.98 Å². The Morgan fingerprint density at radius 1 is 1.82 bits per heavy atom. The van der Waals surface area contributed by atoms with Crippen LogP contribution in [0.25, 0.3) is 0 Å². The first kappa shape index (κ1) is 8.56. The molecule has 0 radical (unpaired) electrons. The van der Waals surface area contributed by atoms with E-state index in [9.17, 15) is 4.79 Å². The molecule has 3 nitrogen and oxygen atoms in total. The van der Waals surface area contributed by atoms with Gasteiger partial charge in [-0.25, -0.2) is 9.07 Å². The van der Waals surface area contributed by atoms with Gasteiger partial charge in [0.2, 0.25) is 5.82 Å². The van der Waals surface area contributed by atoms with Crippen LogP contribution in [0.2, 0.25) is 0 Å². The Hall–Kier alpha value is -0.540. The normalized spacial score (nSPS) is 10.1. The summed E-state index contributed by atoms with van der Waals surface area (Å²) in [5.74, 6) is 0.0742. The lowest BCUT2D eigenvalue weighted by Crippen LogP contribution is -1.99. The molecule has 0 unspecified atom stereocenters. The Balaban J connectivity index is 3.10. The number of rotatable bonds is 2. The molecule has 1 aromatic rings. The Morgan fingerprint density at radius 3 is 2.73 bits per heavy atom. The van der Waals surface area contributed by atoms with Gasteiger partial charge < -0.3 is 0 Å². The predicted molar refractivity (Wildman–Crippen MR) is 43.0 cm³/mol. The summed E-state index contributed by atoms with van der Waals surface area (Å²) in [6, 6.07) is 0. The highest BCUT2D eigenvalue weighted by molar-refractivity contribution is 6.67. The second kappa shape index (κ2) is 3.24. The molecule has 5 heteroatoms.